The summed E-state index contributed by atoms with van der Waals surface area (Å²) in [5.41, 5.74) is 5.17. The fourth-order valence-corrected chi connectivity index (χ4v) is 1.05. The highest BCUT2D eigenvalue weighted by molar-refractivity contribution is 7.80. The highest BCUT2D eigenvalue weighted by Gasteiger charge is 2.19. The number of nitrogens with two attached hydrogens (primary N) is 1. The van der Waals surface area contributed by atoms with E-state index in [0.29, 0.717) is 6.54 Å². The lowest BCUT2D eigenvalue weighted by molar-refractivity contribution is -0.140. The van der Waals surface area contributed by atoms with Gasteiger partial charge in [0.2, 0.25) is 5.91 Å². The summed E-state index contributed by atoms with van der Waals surface area (Å²) in [6, 6.07) is -0.778. The molecule has 0 saturated carbocycles. The van der Waals surface area contributed by atoms with Crippen molar-refractivity contribution < 1.29 is 14.4 Å². The first-order valence-electron chi connectivity index (χ1n) is 5.53. The summed E-state index contributed by atoms with van der Waals surface area (Å²) in [5, 5.41) is 7.09. The number of hydrogen-bond acceptors (Lipinski definition) is 4. The highest BCUT2D eigenvalue weighted by Crippen LogP contribution is 1.83. The van der Waals surface area contributed by atoms with Crippen LogP contribution in [-0.4, -0.2) is 41.8 Å². The lowest BCUT2D eigenvalue weighted by atomic mass is 10.3. The van der Waals surface area contributed by atoms with Crippen molar-refractivity contribution in [3.05, 3.63) is 0 Å². The number of nitrogens with one attached hydrogen (secondary N) is 3. The summed E-state index contributed by atoms with van der Waals surface area (Å²) < 4.78 is 0. The number of amides is 3. The van der Waals surface area contributed by atoms with Crippen molar-refractivity contribution in [3.8, 4) is 0 Å². The second-order valence-electron chi connectivity index (χ2n) is 3.64. The van der Waals surface area contributed by atoms with Gasteiger partial charge in [0, 0.05) is 6.54 Å². The zero-order valence-electron chi connectivity index (χ0n) is 10.4. The molecule has 0 saturated heterocycles. The summed E-state index contributed by atoms with van der Waals surface area (Å²) in [4.78, 5) is 34.1. The molecule has 0 aromatic rings. The monoisotopic (exact) mass is 274 g/mol. The topological polar surface area (TPSA) is 113 Å². The Labute approximate surface area is 111 Å². The Morgan fingerprint density at radius 2 is 1.83 bits per heavy atom. The van der Waals surface area contributed by atoms with Crippen LogP contribution in [-0.2, 0) is 14.4 Å². The number of thiocarbonyl (C=S) groups is 1. The van der Waals surface area contributed by atoms with Crippen molar-refractivity contribution >= 4 is 34.9 Å². The van der Waals surface area contributed by atoms with E-state index in [2.05, 4.69) is 28.2 Å². The van der Waals surface area contributed by atoms with Crippen LogP contribution in [0.15, 0.2) is 0 Å². The van der Waals surface area contributed by atoms with Crippen molar-refractivity contribution in [2.45, 2.75) is 26.3 Å². The average molecular weight is 274 g/mol. The zero-order valence-corrected chi connectivity index (χ0v) is 11.2. The maximum absolute atomic E-state index is 11.4. The minimum absolute atomic E-state index is 0.0575. The second kappa shape index (κ2) is 8.40. The molecule has 0 aromatic carbocycles. The maximum Gasteiger partial charge on any atom is 0.309 e. The fraction of sp³-hybridized carbons (Fsp3) is 0.600. The van der Waals surface area contributed by atoms with E-state index < -0.39 is 17.9 Å². The molecule has 0 bridgehead atoms. The van der Waals surface area contributed by atoms with Crippen LogP contribution < -0.4 is 21.7 Å². The van der Waals surface area contributed by atoms with Crippen LogP contribution in [0.2, 0.25) is 0 Å². The van der Waals surface area contributed by atoms with Crippen LogP contribution in [0.5, 0.6) is 0 Å². The molecular formula is C10H18N4O3S. The van der Waals surface area contributed by atoms with Gasteiger partial charge in [0.1, 0.15) is 6.04 Å². The van der Waals surface area contributed by atoms with Gasteiger partial charge in [-0.25, -0.2) is 0 Å². The van der Waals surface area contributed by atoms with Crippen molar-refractivity contribution in [1.82, 2.24) is 16.0 Å². The normalized spacial score (nSPS) is 11.2. The number of hydrogen-bond donors (Lipinski definition) is 4. The maximum atomic E-state index is 11.4. The van der Waals surface area contributed by atoms with Crippen LogP contribution in [0, 0.1) is 0 Å². The van der Waals surface area contributed by atoms with E-state index in [-0.39, 0.29) is 17.4 Å². The highest BCUT2D eigenvalue weighted by atomic mass is 32.1. The van der Waals surface area contributed by atoms with E-state index >= 15 is 0 Å². The lowest BCUT2D eigenvalue weighted by Crippen LogP contribution is -2.50. The molecule has 5 N–H and O–H groups in total. The van der Waals surface area contributed by atoms with Crippen LogP contribution in [0.25, 0.3) is 0 Å². The third-order valence-electron chi connectivity index (χ3n) is 1.92. The zero-order chi connectivity index (χ0) is 14.1. The predicted molar refractivity (Wildman–Crippen MR) is 70.7 cm³/mol. The smallest absolute Gasteiger partial charge is 0.309 e. The van der Waals surface area contributed by atoms with Crippen molar-refractivity contribution in [1.29, 1.82) is 0 Å². The summed E-state index contributed by atoms with van der Waals surface area (Å²) in [7, 11) is 0. The average Bonchev–Trinajstić information content (AvgIpc) is 2.32. The lowest BCUT2D eigenvalue weighted by Gasteiger charge is -2.13. The van der Waals surface area contributed by atoms with E-state index in [0.717, 1.165) is 6.42 Å². The molecule has 0 aliphatic rings. The first-order valence-corrected chi connectivity index (χ1v) is 5.94. The van der Waals surface area contributed by atoms with E-state index in [1.807, 2.05) is 6.92 Å². The summed E-state index contributed by atoms with van der Waals surface area (Å²) >= 11 is 4.54. The summed E-state index contributed by atoms with van der Waals surface area (Å²) in [6.07, 6.45) is 0.792. The van der Waals surface area contributed by atoms with E-state index in [1.165, 1.54) is 6.92 Å². The van der Waals surface area contributed by atoms with Gasteiger partial charge in [-0.15, -0.1) is 0 Å². The predicted octanol–water partition coefficient (Wildman–Crippen LogP) is -1.58. The van der Waals surface area contributed by atoms with Gasteiger partial charge in [0.15, 0.2) is 0 Å². The van der Waals surface area contributed by atoms with E-state index in [9.17, 15) is 14.4 Å². The molecule has 7 nitrogen and oxygen atoms in total. The third kappa shape index (κ3) is 6.79. The van der Waals surface area contributed by atoms with Gasteiger partial charge < -0.3 is 21.7 Å². The largest absolute Gasteiger partial charge is 0.392 e. The molecule has 18 heavy (non-hydrogen) atoms. The first-order chi connectivity index (χ1) is 8.38. The Morgan fingerprint density at radius 1 is 1.22 bits per heavy atom. The standard InChI is InChI=1S/C10H18N4O3S/c1-3-4-12-8(15)6(2)14-10(17)9(16)13-5-7(11)18/h6H,3-5H2,1-2H3,(H2,11,18)(H,12,15)(H,13,16)(H,14,17). The second-order valence-corrected chi connectivity index (χ2v) is 4.16. The van der Waals surface area contributed by atoms with Gasteiger partial charge >= 0.3 is 11.8 Å². The Balaban J connectivity index is 4.09. The minimum Gasteiger partial charge on any atom is -0.392 e. The van der Waals surface area contributed by atoms with Gasteiger partial charge in [0.25, 0.3) is 0 Å². The molecule has 1 atom stereocenters. The van der Waals surface area contributed by atoms with Crippen molar-refractivity contribution in [2.24, 2.45) is 5.73 Å². The molecule has 0 aliphatic carbocycles. The van der Waals surface area contributed by atoms with Crippen LogP contribution in [0.3, 0.4) is 0 Å². The van der Waals surface area contributed by atoms with E-state index in [1.54, 1.807) is 0 Å². The van der Waals surface area contributed by atoms with Gasteiger partial charge in [0.05, 0.1) is 11.5 Å². The van der Waals surface area contributed by atoms with Crippen LogP contribution in [0.1, 0.15) is 20.3 Å². The number of rotatable bonds is 6. The Bertz CT molecular complexity index is 346. The molecule has 0 aromatic heterocycles. The molecule has 0 radical (unpaired) electrons. The minimum atomic E-state index is -0.898. The number of carbonyl (C=O) groups is 3. The number of carbonyl (C=O) groups excluding carboxylic acids is 3. The molecule has 0 fully saturated rings. The molecule has 102 valence electrons. The molecule has 0 heterocycles. The quantitative estimate of drug-likeness (QED) is 0.345. The fourth-order valence-electron chi connectivity index (χ4n) is 0.977. The van der Waals surface area contributed by atoms with Gasteiger partial charge in [-0.2, -0.15) is 0 Å². The summed E-state index contributed by atoms with van der Waals surface area (Å²) in [5.74, 6) is -2.12. The van der Waals surface area contributed by atoms with Crippen LogP contribution >= 0.6 is 12.2 Å². The van der Waals surface area contributed by atoms with Gasteiger partial charge in [-0.05, 0) is 13.3 Å². The van der Waals surface area contributed by atoms with Crippen LogP contribution in [0.4, 0.5) is 0 Å². The SMILES string of the molecule is CCCNC(=O)C(C)NC(=O)C(=O)NCC(N)=S. The molecule has 0 spiro atoms. The van der Waals surface area contributed by atoms with Crippen molar-refractivity contribution in [3.63, 3.8) is 0 Å². The third-order valence-corrected chi connectivity index (χ3v) is 2.06. The van der Waals surface area contributed by atoms with Crippen molar-refractivity contribution in [2.75, 3.05) is 13.1 Å². The molecule has 0 rings (SSSR count). The molecule has 0 aliphatic heterocycles. The Morgan fingerprint density at radius 3 is 2.33 bits per heavy atom. The Kier molecular flexibility index (Phi) is 7.61. The molecule has 1 unspecified atom stereocenters. The molecule has 8 heteroatoms. The van der Waals surface area contributed by atoms with E-state index in [4.69, 9.17) is 5.73 Å². The van der Waals surface area contributed by atoms with Gasteiger partial charge in [-0.3, -0.25) is 14.4 Å². The molecule has 3 amide bonds. The van der Waals surface area contributed by atoms with Gasteiger partial charge in [-0.1, -0.05) is 19.1 Å². The first kappa shape index (κ1) is 16.3. The Hall–Kier alpha value is -1.70. The summed E-state index contributed by atoms with van der Waals surface area (Å²) in [6.45, 7) is 3.86. The molecular weight excluding hydrogens is 256 g/mol.